The maximum Gasteiger partial charge on any atom is 0.255 e. The summed E-state index contributed by atoms with van der Waals surface area (Å²) in [6, 6.07) is 13.0. The Kier molecular flexibility index (Phi) is 7.36. The number of piperazine rings is 1. The molecule has 0 unspecified atom stereocenters. The molecule has 1 saturated heterocycles. The van der Waals surface area contributed by atoms with Crippen LogP contribution in [0, 0.1) is 0 Å². The molecule has 0 bridgehead atoms. The van der Waals surface area contributed by atoms with E-state index in [-0.39, 0.29) is 5.91 Å². The molecular formula is C23H32N4O2. The summed E-state index contributed by atoms with van der Waals surface area (Å²) in [7, 11) is 0. The molecule has 1 heterocycles. The predicted octanol–water partition coefficient (Wildman–Crippen LogP) is 3.84. The quantitative estimate of drug-likeness (QED) is 0.524. The Balaban J connectivity index is 1.73. The molecule has 0 aromatic heterocycles. The Hall–Kier alpha value is -2.73. The van der Waals surface area contributed by atoms with Crippen molar-refractivity contribution in [3.8, 4) is 5.75 Å². The Morgan fingerprint density at radius 3 is 2.62 bits per heavy atom. The lowest BCUT2D eigenvalue weighted by molar-refractivity contribution is 0.102. The second kappa shape index (κ2) is 10.2. The zero-order valence-electron chi connectivity index (χ0n) is 17.5. The summed E-state index contributed by atoms with van der Waals surface area (Å²) in [6.07, 6.45) is 2.07. The molecule has 6 nitrogen and oxygen atoms in total. The lowest BCUT2D eigenvalue weighted by Gasteiger charge is -2.36. The SMILES string of the molecule is CCCCOc1cccc(C(=O)Nc2cc(N)ccc2N2CCN(CC)CC2)c1. The first kappa shape index (κ1) is 21.0. The largest absolute Gasteiger partial charge is 0.494 e. The number of unbranched alkanes of at least 4 members (excludes halogenated alkanes) is 1. The van der Waals surface area contributed by atoms with E-state index >= 15 is 0 Å². The van der Waals surface area contributed by atoms with Crippen molar-refractivity contribution in [2.45, 2.75) is 26.7 Å². The zero-order chi connectivity index (χ0) is 20.6. The second-order valence-electron chi connectivity index (χ2n) is 7.38. The molecule has 2 aromatic rings. The number of amides is 1. The Morgan fingerprint density at radius 1 is 1.10 bits per heavy atom. The van der Waals surface area contributed by atoms with Crippen LogP contribution in [0.1, 0.15) is 37.0 Å². The van der Waals surface area contributed by atoms with Gasteiger partial charge in [0.2, 0.25) is 0 Å². The van der Waals surface area contributed by atoms with Gasteiger partial charge in [-0.3, -0.25) is 4.79 Å². The monoisotopic (exact) mass is 396 g/mol. The molecule has 0 saturated carbocycles. The Morgan fingerprint density at radius 2 is 1.90 bits per heavy atom. The number of nitrogens with two attached hydrogens (primary N) is 1. The van der Waals surface area contributed by atoms with E-state index in [1.54, 1.807) is 12.1 Å². The number of likely N-dealkylation sites (N-methyl/N-ethyl adjacent to an activating group) is 1. The smallest absolute Gasteiger partial charge is 0.255 e. The van der Waals surface area contributed by atoms with Crippen molar-refractivity contribution in [3.63, 3.8) is 0 Å². The van der Waals surface area contributed by atoms with Gasteiger partial charge in [-0.1, -0.05) is 26.3 Å². The van der Waals surface area contributed by atoms with Crippen LogP contribution in [0.5, 0.6) is 5.75 Å². The number of nitrogen functional groups attached to an aromatic ring is 1. The highest BCUT2D eigenvalue weighted by atomic mass is 16.5. The molecule has 1 fully saturated rings. The fourth-order valence-electron chi connectivity index (χ4n) is 3.49. The van der Waals surface area contributed by atoms with Crippen LogP contribution in [0.4, 0.5) is 17.1 Å². The summed E-state index contributed by atoms with van der Waals surface area (Å²) in [5.74, 6) is 0.555. The molecular weight excluding hydrogens is 364 g/mol. The number of hydrogen-bond donors (Lipinski definition) is 2. The minimum absolute atomic E-state index is 0.162. The van der Waals surface area contributed by atoms with E-state index in [4.69, 9.17) is 10.5 Å². The normalized spacial score (nSPS) is 14.6. The van der Waals surface area contributed by atoms with Crippen molar-refractivity contribution in [2.75, 3.05) is 55.3 Å². The van der Waals surface area contributed by atoms with Crippen LogP contribution < -0.4 is 20.7 Å². The second-order valence-corrected chi connectivity index (χ2v) is 7.38. The van der Waals surface area contributed by atoms with Gasteiger partial charge in [-0.15, -0.1) is 0 Å². The van der Waals surface area contributed by atoms with E-state index in [0.29, 0.717) is 17.9 Å². The minimum atomic E-state index is -0.162. The van der Waals surface area contributed by atoms with Crippen LogP contribution >= 0.6 is 0 Å². The number of nitrogens with zero attached hydrogens (tertiary/aromatic N) is 2. The predicted molar refractivity (Wildman–Crippen MR) is 120 cm³/mol. The van der Waals surface area contributed by atoms with Gasteiger partial charge in [0.25, 0.3) is 5.91 Å². The molecule has 0 aliphatic carbocycles. The molecule has 6 heteroatoms. The number of rotatable bonds is 8. The number of nitrogens with one attached hydrogen (secondary N) is 1. The molecule has 1 aliphatic heterocycles. The van der Waals surface area contributed by atoms with Gasteiger partial charge in [0.1, 0.15) is 5.75 Å². The van der Waals surface area contributed by atoms with Crippen LogP contribution in [0.25, 0.3) is 0 Å². The number of hydrogen-bond acceptors (Lipinski definition) is 5. The zero-order valence-corrected chi connectivity index (χ0v) is 17.5. The summed E-state index contributed by atoms with van der Waals surface area (Å²) >= 11 is 0. The first-order chi connectivity index (χ1) is 14.1. The maximum atomic E-state index is 12.9. The van der Waals surface area contributed by atoms with E-state index in [2.05, 4.69) is 29.0 Å². The molecule has 0 atom stereocenters. The molecule has 0 spiro atoms. The molecule has 1 amide bonds. The van der Waals surface area contributed by atoms with E-state index in [0.717, 1.165) is 62.7 Å². The van der Waals surface area contributed by atoms with Crippen molar-refractivity contribution in [1.29, 1.82) is 0 Å². The van der Waals surface area contributed by atoms with Gasteiger partial charge in [-0.2, -0.15) is 0 Å². The molecule has 3 N–H and O–H groups in total. The minimum Gasteiger partial charge on any atom is -0.494 e. The standard InChI is InChI=1S/C23H32N4O2/c1-3-5-15-29-20-8-6-7-18(16-20)23(28)25-21-17-19(24)9-10-22(21)27-13-11-26(4-2)12-14-27/h6-10,16-17H,3-5,11-15,24H2,1-2H3,(H,25,28). The highest BCUT2D eigenvalue weighted by Crippen LogP contribution is 2.30. The molecule has 1 aliphatic rings. The lowest BCUT2D eigenvalue weighted by atomic mass is 10.1. The summed E-state index contributed by atoms with van der Waals surface area (Å²) < 4.78 is 5.73. The summed E-state index contributed by atoms with van der Waals surface area (Å²) in [4.78, 5) is 17.6. The molecule has 2 aromatic carbocycles. The van der Waals surface area contributed by atoms with Crippen molar-refractivity contribution < 1.29 is 9.53 Å². The van der Waals surface area contributed by atoms with Gasteiger partial charge >= 0.3 is 0 Å². The Labute approximate surface area is 173 Å². The van der Waals surface area contributed by atoms with Crippen molar-refractivity contribution in [3.05, 3.63) is 48.0 Å². The van der Waals surface area contributed by atoms with Crippen molar-refractivity contribution >= 4 is 23.0 Å². The van der Waals surface area contributed by atoms with Crippen LogP contribution in [0.15, 0.2) is 42.5 Å². The first-order valence-corrected chi connectivity index (χ1v) is 10.5. The average molecular weight is 397 g/mol. The van der Waals surface area contributed by atoms with Gasteiger partial charge in [0, 0.05) is 37.4 Å². The van der Waals surface area contributed by atoms with E-state index in [9.17, 15) is 4.79 Å². The van der Waals surface area contributed by atoms with Gasteiger partial charge in [0.05, 0.1) is 18.0 Å². The molecule has 156 valence electrons. The number of carbonyl (C=O) groups is 1. The highest BCUT2D eigenvalue weighted by Gasteiger charge is 2.19. The molecule has 29 heavy (non-hydrogen) atoms. The van der Waals surface area contributed by atoms with Gasteiger partial charge in [0.15, 0.2) is 0 Å². The third-order valence-electron chi connectivity index (χ3n) is 5.29. The number of ether oxygens (including phenoxy) is 1. The van der Waals surface area contributed by atoms with Crippen LogP contribution in [0.2, 0.25) is 0 Å². The Bertz CT molecular complexity index is 816. The van der Waals surface area contributed by atoms with E-state index < -0.39 is 0 Å². The van der Waals surface area contributed by atoms with Crippen molar-refractivity contribution in [2.24, 2.45) is 0 Å². The van der Waals surface area contributed by atoms with Crippen LogP contribution in [-0.2, 0) is 0 Å². The summed E-state index contributed by atoms with van der Waals surface area (Å²) in [5, 5.41) is 3.05. The fraction of sp³-hybridized carbons (Fsp3) is 0.435. The number of carbonyl (C=O) groups excluding carboxylic acids is 1. The summed E-state index contributed by atoms with van der Waals surface area (Å²) in [6.45, 7) is 9.93. The molecule has 3 rings (SSSR count). The van der Waals surface area contributed by atoms with Crippen molar-refractivity contribution in [1.82, 2.24) is 4.90 Å². The lowest BCUT2D eigenvalue weighted by Crippen LogP contribution is -2.46. The van der Waals surface area contributed by atoms with Gasteiger partial charge in [-0.05, 0) is 49.4 Å². The van der Waals surface area contributed by atoms with E-state index in [1.165, 1.54) is 0 Å². The summed E-state index contributed by atoms with van der Waals surface area (Å²) in [5.41, 5.74) is 8.97. The maximum absolute atomic E-state index is 12.9. The topological polar surface area (TPSA) is 70.8 Å². The average Bonchev–Trinajstić information content (AvgIpc) is 2.74. The third kappa shape index (κ3) is 5.64. The van der Waals surface area contributed by atoms with Gasteiger partial charge < -0.3 is 25.6 Å². The third-order valence-corrected chi connectivity index (χ3v) is 5.29. The highest BCUT2D eigenvalue weighted by molar-refractivity contribution is 6.06. The molecule has 0 radical (unpaired) electrons. The van der Waals surface area contributed by atoms with Crippen LogP contribution in [0.3, 0.4) is 0 Å². The fourth-order valence-corrected chi connectivity index (χ4v) is 3.49. The number of benzene rings is 2. The number of anilines is 3. The van der Waals surface area contributed by atoms with Crippen LogP contribution in [-0.4, -0.2) is 50.1 Å². The van der Waals surface area contributed by atoms with Gasteiger partial charge in [-0.25, -0.2) is 0 Å². The first-order valence-electron chi connectivity index (χ1n) is 10.5. The van der Waals surface area contributed by atoms with E-state index in [1.807, 2.05) is 30.3 Å².